The van der Waals surface area contributed by atoms with Crippen LogP contribution < -0.4 is 5.73 Å². The summed E-state index contributed by atoms with van der Waals surface area (Å²) in [7, 11) is -4.31. The lowest BCUT2D eigenvalue weighted by atomic mass is 10.1. The molecule has 0 aliphatic heterocycles. The Hall–Kier alpha value is -2.57. The van der Waals surface area contributed by atoms with Gasteiger partial charge in [0.25, 0.3) is 10.1 Å². The molecule has 5 nitrogen and oxygen atoms in total. The van der Waals surface area contributed by atoms with E-state index >= 15 is 0 Å². The SMILES string of the molecule is Cc1c(S(=O)(=O)O)cc2ccccc2c1O.Nc1ccccc1. The summed E-state index contributed by atoms with van der Waals surface area (Å²) >= 11 is 0. The van der Waals surface area contributed by atoms with E-state index in [0.29, 0.717) is 10.8 Å². The number of rotatable bonds is 1. The first-order valence-electron chi connectivity index (χ1n) is 6.80. The van der Waals surface area contributed by atoms with E-state index in [2.05, 4.69) is 0 Å². The van der Waals surface area contributed by atoms with Crippen LogP contribution in [0.1, 0.15) is 5.56 Å². The van der Waals surface area contributed by atoms with Gasteiger partial charge in [-0.3, -0.25) is 4.55 Å². The molecule has 3 aromatic carbocycles. The number of hydrogen-bond acceptors (Lipinski definition) is 4. The van der Waals surface area contributed by atoms with Crippen LogP contribution in [-0.2, 0) is 10.1 Å². The van der Waals surface area contributed by atoms with Gasteiger partial charge in [0.15, 0.2) is 0 Å². The Morgan fingerprint density at radius 1 is 0.957 bits per heavy atom. The highest BCUT2D eigenvalue weighted by Gasteiger charge is 2.17. The summed E-state index contributed by atoms with van der Waals surface area (Å²) in [6, 6.07) is 17.7. The molecular weight excluding hydrogens is 314 g/mol. The molecule has 0 spiro atoms. The van der Waals surface area contributed by atoms with Crippen LogP contribution in [0.5, 0.6) is 5.75 Å². The molecule has 0 unspecified atom stereocenters. The number of nitrogens with two attached hydrogens (primary N) is 1. The summed E-state index contributed by atoms with van der Waals surface area (Å²) in [5.41, 5.74) is 6.33. The largest absolute Gasteiger partial charge is 0.507 e. The van der Waals surface area contributed by atoms with Crippen LogP contribution in [0.15, 0.2) is 65.6 Å². The molecule has 6 heteroatoms. The summed E-state index contributed by atoms with van der Waals surface area (Å²) in [5.74, 6) is -0.120. The lowest BCUT2D eigenvalue weighted by molar-refractivity contribution is 0.466. The normalized spacial score (nSPS) is 10.9. The maximum Gasteiger partial charge on any atom is 0.294 e. The summed E-state index contributed by atoms with van der Waals surface area (Å²) in [6.45, 7) is 1.45. The number of phenols is 1. The first-order valence-corrected chi connectivity index (χ1v) is 8.24. The van der Waals surface area contributed by atoms with Gasteiger partial charge in [0, 0.05) is 16.6 Å². The standard InChI is InChI=1S/C11H10O4S.C6H7N/c1-7-10(16(13,14)15)6-8-4-2-3-5-9(8)11(7)12;7-6-4-2-1-3-5-6/h2-6,12H,1H3,(H,13,14,15);1-5H,7H2. The Balaban J connectivity index is 0.000000229. The van der Waals surface area contributed by atoms with E-state index < -0.39 is 10.1 Å². The van der Waals surface area contributed by atoms with Gasteiger partial charge in [-0.05, 0) is 30.5 Å². The molecule has 0 amide bonds. The predicted molar refractivity (Wildman–Crippen MR) is 91.0 cm³/mol. The molecule has 0 saturated carbocycles. The molecule has 3 rings (SSSR count). The molecule has 23 heavy (non-hydrogen) atoms. The van der Waals surface area contributed by atoms with Gasteiger partial charge in [-0.2, -0.15) is 8.42 Å². The average molecular weight is 331 g/mol. The maximum absolute atomic E-state index is 11.1. The molecule has 0 heterocycles. The smallest absolute Gasteiger partial charge is 0.294 e. The quantitative estimate of drug-likeness (QED) is 0.469. The van der Waals surface area contributed by atoms with Crippen molar-refractivity contribution in [3.8, 4) is 5.75 Å². The van der Waals surface area contributed by atoms with Crippen LogP contribution in [0.2, 0.25) is 0 Å². The Labute approximate surface area is 134 Å². The lowest BCUT2D eigenvalue weighted by Crippen LogP contribution is -2.01. The summed E-state index contributed by atoms with van der Waals surface area (Å²) in [5, 5.41) is 11.0. The van der Waals surface area contributed by atoms with Gasteiger partial charge in [0.2, 0.25) is 0 Å². The zero-order valence-electron chi connectivity index (χ0n) is 12.5. The zero-order valence-corrected chi connectivity index (χ0v) is 13.3. The molecule has 0 saturated heterocycles. The number of nitrogen functional groups attached to an aromatic ring is 1. The fourth-order valence-corrected chi connectivity index (χ4v) is 2.89. The van der Waals surface area contributed by atoms with Crippen LogP contribution in [0.25, 0.3) is 10.8 Å². The molecule has 0 aliphatic carbocycles. The number of fused-ring (bicyclic) bond motifs is 1. The van der Waals surface area contributed by atoms with Gasteiger partial charge in [-0.15, -0.1) is 0 Å². The molecule has 4 N–H and O–H groups in total. The van der Waals surface area contributed by atoms with Crippen molar-refractivity contribution in [2.75, 3.05) is 5.73 Å². The summed E-state index contributed by atoms with van der Waals surface area (Å²) < 4.78 is 31.2. The zero-order chi connectivity index (χ0) is 17.0. The minimum atomic E-state index is -4.31. The second kappa shape index (κ2) is 6.68. The summed E-state index contributed by atoms with van der Waals surface area (Å²) in [6.07, 6.45) is 0. The maximum atomic E-state index is 11.1. The van der Waals surface area contributed by atoms with Crippen molar-refractivity contribution in [1.82, 2.24) is 0 Å². The van der Waals surface area contributed by atoms with Gasteiger partial charge in [0.1, 0.15) is 10.6 Å². The average Bonchev–Trinajstić information content (AvgIpc) is 2.51. The monoisotopic (exact) mass is 331 g/mol. The van der Waals surface area contributed by atoms with Crippen molar-refractivity contribution < 1.29 is 18.1 Å². The van der Waals surface area contributed by atoms with Gasteiger partial charge in [0.05, 0.1) is 0 Å². The number of benzene rings is 3. The first kappa shape index (κ1) is 16.8. The van der Waals surface area contributed by atoms with Crippen molar-refractivity contribution >= 4 is 26.6 Å². The Kier molecular flexibility index (Phi) is 4.88. The van der Waals surface area contributed by atoms with E-state index in [0.717, 1.165) is 5.69 Å². The minimum absolute atomic E-state index is 0.120. The van der Waals surface area contributed by atoms with Crippen LogP contribution in [0.3, 0.4) is 0 Å². The van der Waals surface area contributed by atoms with Crippen LogP contribution in [0.4, 0.5) is 5.69 Å². The van der Waals surface area contributed by atoms with E-state index in [1.165, 1.54) is 13.0 Å². The van der Waals surface area contributed by atoms with Crippen LogP contribution >= 0.6 is 0 Å². The van der Waals surface area contributed by atoms with Crippen molar-refractivity contribution in [2.45, 2.75) is 11.8 Å². The van der Waals surface area contributed by atoms with Crippen molar-refractivity contribution in [2.24, 2.45) is 0 Å². The van der Waals surface area contributed by atoms with E-state index in [1.54, 1.807) is 24.3 Å². The Bertz CT molecular complexity index is 922. The third kappa shape index (κ3) is 4.00. The molecule has 0 aromatic heterocycles. The molecule has 0 fully saturated rings. The molecular formula is C17H17NO4S. The fraction of sp³-hybridized carbons (Fsp3) is 0.0588. The van der Waals surface area contributed by atoms with Crippen LogP contribution in [0, 0.1) is 6.92 Å². The van der Waals surface area contributed by atoms with E-state index in [1.807, 2.05) is 30.3 Å². The van der Waals surface area contributed by atoms with Gasteiger partial charge in [-0.1, -0.05) is 42.5 Å². The van der Waals surface area contributed by atoms with E-state index in [-0.39, 0.29) is 16.2 Å². The second-order valence-electron chi connectivity index (χ2n) is 4.96. The van der Waals surface area contributed by atoms with Gasteiger partial charge >= 0.3 is 0 Å². The first-order chi connectivity index (χ1) is 10.8. The van der Waals surface area contributed by atoms with Crippen LogP contribution in [-0.4, -0.2) is 18.1 Å². The third-order valence-corrected chi connectivity index (χ3v) is 4.28. The molecule has 0 atom stereocenters. The van der Waals surface area contributed by atoms with E-state index in [4.69, 9.17) is 10.3 Å². The number of anilines is 1. The molecule has 0 radical (unpaired) electrons. The molecule has 120 valence electrons. The number of hydrogen-bond donors (Lipinski definition) is 3. The minimum Gasteiger partial charge on any atom is -0.507 e. The highest BCUT2D eigenvalue weighted by atomic mass is 32.2. The number of para-hydroxylation sites is 1. The number of phenolic OH excluding ortho intramolecular Hbond substituents is 1. The fourth-order valence-electron chi connectivity index (χ4n) is 2.13. The van der Waals surface area contributed by atoms with E-state index in [9.17, 15) is 13.5 Å². The van der Waals surface area contributed by atoms with Crippen molar-refractivity contribution in [1.29, 1.82) is 0 Å². The van der Waals surface area contributed by atoms with Crippen molar-refractivity contribution in [3.05, 3.63) is 66.2 Å². The van der Waals surface area contributed by atoms with Gasteiger partial charge < -0.3 is 10.8 Å². The summed E-state index contributed by atoms with van der Waals surface area (Å²) in [4.78, 5) is -0.260. The Morgan fingerprint density at radius 3 is 2.04 bits per heavy atom. The van der Waals surface area contributed by atoms with Gasteiger partial charge in [-0.25, -0.2) is 0 Å². The molecule has 3 aromatic rings. The highest BCUT2D eigenvalue weighted by molar-refractivity contribution is 7.85. The lowest BCUT2D eigenvalue weighted by Gasteiger charge is -2.08. The Morgan fingerprint density at radius 2 is 1.52 bits per heavy atom. The molecule has 0 aliphatic rings. The molecule has 0 bridgehead atoms. The second-order valence-corrected chi connectivity index (χ2v) is 6.35. The highest BCUT2D eigenvalue weighted by Crippen LogP contribution is 2.33. The van der Waals surface area contributed by atoms with Crippen molar-refractivity contribution in [3.63, 3.8) is 0 Å². The number of aromatic hydroxyl groups is 1. The predicted octanol–water partition coefficient (Wildman–Crippen LogP) is 3.37. The topological polar surface area (TPSA) is 101 Å². The third-order valence-electron chi connectivity index (χ3n) is 3.30.